The van der Waals surface area contributed by atoms with E-state index in [4.69, 9.17) is 33.3 Å². The molecule has 2 N–H and O–H groups in total. The van der Waals surface area contributed by atoms with Crippen LogP contribution in [0.3, 0.4) is 0 Å². The molecule has 0 radical (unpaired) electrons. The molecule has 0 aliphatic heterocycles. The van der Waals surface area contributed by atoms with E-state index in [0.717, 1.165) is 17.0 Å². The minimum absolute atomic E-state index is 0.311. The number of carbonyl (C=O) groups is 1. The summed E-state index contributed by atoms with van der Waals surface area (Å²) in [6.45, 7) is 10.9. The molecule has 8 nitrogen and oxygen atoms in total. The number of allylic oxidation sites excluding steroid dienone is 1. The van der Waals surface area contributed by atoms with Gasteiger partial charge in [-0.1, -0.05) is 35.9 Å². The fourth-order valence-electron chi connectivity index (χ4n) is 2.92. The van der Waals surface area contributed by atoms with Gasteiger partial charge in [-0.2, -0.15) is 5.10 Å². The van der Waals surface area contributed by atoms with Crippen LogP contribution in [0.15, 0.2) is 24.8 Å². The molecule has 2 heterocycles. The molecule has 2 aromatic heterocycles. The SMILES string of the molecule is C=CCn1c(-c2sc(NC(=O)c3cc(Cl)c(OCCC)c(OCC)c3)nc2C)n[nH]c1=S. The summed E-state index contributed by atoms with van der Waals surface area (Å²) >= 11 is 13.0. The number of carbonyl (C=O) groups excluding carboxylic acids is 1. The maximum Gasteiger partial charge on any atom is 0.257 e. The van der Waals surface area contributed by atoms with E-state index in [9.17, 15) is 4.79 Å². The number of hydrogen-bond acceptors (Lipinski definition) is 7. The summed E-state index contributed by atoms with van der Waals surface area (Å²) in [5.74, 6) is 1.14. The monoisotopic (exact) mass is 493 g/mol. The number of aromatic amines is 1. The van der Waals surface area contributed by atoms with Crippen LogP contribution in [0.4, 0.5) is 5.13 Å². The molecule has 32 heavy (non-hydrogen) atoms. The van der Waals surface area contributed by atoms with E-state index < -0.39 is 0 Å². The van der Waals surface area contributed by atoms with Gasteiger partial charge in [0.25, 0.3) is 5.91 Å². The minimum atomic E-state index is -0.361. The van der Waals surface area contributed by atoms with Crippen LogP contribution < -0.4 is 14.8 Å². The number of H-pyrrole nitrogens is 1. The Balaban J connectivity index is 1.87. The zero-order valence-electron chi connectivity index (χ0n) is 18.0. The van der Waals surface area contributed by atoms with Gasteiger partial charge in [-0.15, -0.1) is 6.58 Å². The maximum absolute atomic E-state index is 12.9. The third-order valence-electron chi connectivity index (χ3n) is 4.31. The normalized spacial score (nSPS) is 10.8. The second-order valence-corrected chi connectivity index (χ2v) is 8.50. The molecule has 0 saturated carbocycles. The summed E-state index contributed by atoms with van der Waals surface area (Å²) < 4.78 is 13.6. The molecule has 170 valence electrons. The number of thiazole rings is 1. The molecule has 0 bridgehead atoms. The van der Waals surface area contributed by atoms with Gasteiger partial charge in [-0.05, 0) is 44.6 Å². The Morgan fingerprint density at radius 3 is 2.88 bits per heavy atom. The van der Waals surface area contributed by atoms with Crippen molar-refractivity contribution in [1.82, 2.24) is 19.7 Å². The average molecular weight is 494 g/mol. The van der Waals surface area contributed by atoms with Crippen LogP contribution in [-0.2, 0) is 6.54 Å². The summed E-state index contributed by atoms with van der Waals surface area (Å²) in [5.41, 5.74) is 1.06. The Kier molecular flexibility index (Phi) is 8.05. The van der Waals surface area contributed by atoms with Gasteiger partial charge in [0.15, 0.2) is 27.2 Å². The molecular formula is C21H24ClN5O3S2. The highest BCUT2D eigenvalue weighted by molar-refractivity contribution is 7.71. The van der Waals surface area contributed by atoms with Crippen LogP contribution in [0.5, 0.6) is 11.5 Å². The number of anilines is 1. The van der Waals surface area contributed by atoms with Crippen molar-refractivity contribution < 1.29 is 14.3 Å². The molecule has 0 fully saturated rings. The van der Waals surface area contributed by atoms with Gasteiger partial charge in [-0.25, -0.2) is 4.98 Å². The lowest BCUT2D eigenvalue weighted by molar-refractivity contribution is 0.102. The van der Waals surface area contributed by atoms with E-state index in [2.05, 4.69) is 27.1 Å². The molecule has 0 spiro atoms. The summed E-state index contributed by atoms with van der Waals surface area (Å²) in [7, 11) is 0. The van der Waals surface area contributed by atoms with Gasteiger partial charge in [-0.3, -0.25) is 19.8 Å². The van der Waals surface area contributed by atoms with Crippen molar-refractivity contribution in [1.29, 1.82) is 0 Å². The molecule has 0 aliphatic carbocycles. The predicted molar refractivity (Wildman–Crippen MR) is 130 cm³/mol. The van der Waals surface area contributed by atoms with Crippen LogP contribution in [0.25, 0.3) is 10.7 Å². The fraction of sp³-hybridized carbons (Fsp3) is 0.333. The Morgan fingerprint density at radius 1 is 1.41 bits per heavy atom. The molecular weight excluding hydrogens is 470 g/mol. The van der Waals surface area contributed by atoms with E-state index in [0.29, 0.717) is 57.6 Å². The summed E-state index contributed by atoms with van der Waals surface area (Å²) in [6, 6.07) is 3.17. The number of rotatable bonds is 10. The first-order valence-corrected chi connectivity index (χ1v) is 11.6. The van der Waals surface area contributed by atoms with Gasteiger partial charge in [0.2, 0.25) is 0 Å². The number of benzene rings is 1. The van der Waals surface area contributed by atoms with E-state index in [-0.39, 0.29) is 5.91 Å². The molecule has 3 rings (SSSR count). The summed E-state index contributed by atoms with van der Waals surface area (Å²) in [4.78, 5) is 18.2. The zero-order valence-corrected chi connectivity index (χ0v) is 20.4. The van der Waals surface area contributed by atoms with Crippen LogP contribution in [0, 0.1) is 11.7 Å². The highest BCUT2D eigenvalue weighted by Gasteiger charge is 2.20. The number of nitrogens with one attached hydrogen (secondary N) is 2. The van der Waals surface area contributed by atoms with Gasteiger partial charge in [0, 0.05) is 12.1 Å². The predicted octanol–water partition coefficient (Wildman–Crippen LogP) is 5.65. The second kappa shape index (κ2) is 10.8. The number of aromatic nitrogens is 4. The number of halogens is 1. The topological polar surface area (TPSA) is 94.1 Å². The zero-order chi connectivity index (χ0) is 23.3. The van der Waals surface area contributed by atoms with Crippen LogP contribution >= 0.6 is 35.2 Å². The number of nitrogens with zero attached hydrogens (tertiary/aromatic N) is 3. The molecule has 11 heteroatoms. The molecule has 3 aromatic rings. The van der Waals surface area contributed by atoms with E-state index in [1.54, 1.807) is 18.2 Å². The molecule has 0 unspecified atom stereocenters. The van der Waals surface area contributed by atoms with E-state index in [1.165, 1.54) is 11.3 Å². The second-order valence-electron chi connectivity index (χ2n) is 6.71. The Labute approximate surface area is 200 Å². The lowest BCUT2D eigenvalue weighted by atomic mass is 10.2. The maximum atomic E-state index is 12.9. The van der Waals surface area contributed by atoms with Crippen molar-refractivity contribution in [3.8, 4) is 22.2 Å². The standard InChI is InChI=1S/C21H24ClN5O3S2/c1-5-8-27-18(25-26-21(27)31)17-12(4)23-20(32-17)24-19(28)13-10-14(22)16(30-9-6-2)15(11-13)29-7-3/h5,10-11H,1,6-9H2,2-4H3,(H,26,31)(H,23,24,28). The molecule has 1 aromatic carbocycles. The first-order valence-electron chi connectivity index (χ1n) is 10.0. The fourth-order valence-corrected chi connectivity index (χ4v) is 4.35. The lowest BCUT2D eigenvalue weighted by Gasteiger charge is -2.14. The van der Waals surface area contributed by atoms with E-state index >= 15 is 0 Å². The first-order chi connectivity index (χ1) is 15.4. The highest BCUT2D eigenvalue weighted by Crippen LogP contribution is 2.37. The van der Waals surface area contributed by atoms with Gasteiger partial charge in [0.05, 0.1) is 28.8 Å². The quantitative estimate of drug-likeness (QED) is 0.280. The third-order valence-corrected chi connectivity index (χ3v) is 5.97. The largest absolute Gasteiger partial charge is 0.490 e. The Bertz CT molecular complexity index is 1180. The number of ether oxygens (including phenoxy) is 2. The lowest BCUT2D eigenvalue weighted by Crippen LogP contribution is -2.12. The summed E-state index contributed by atoms with van der Waals surface area (Å²) in [5, 5.41) is 10.7. The van der Waals surface area contributed by atoms with Crippen molar-refractivity contribution in [2.45, 2.75) is 33.7 Å². The van der Waals surface area contributed by atoms with Crippen LogP contribution in [-0.4, -0.2) is 38.9 Å². The molecule has 0 aliphatic rings. The Hall–Kier alpha value is -2.69. The van der Waals surface area contributed by atoms with Crippen LogP contribution in [0.1, 0.15) is 36.3 Å². The third kappa shape index (κ3) is 5.20. The average Bonchev–Trinajstić information content (AvgIpc) is 3.29. The number of aryl methyl sites for hydroxylation is 1. The molecule has 0 atom stereocenters. The van der Waals surface area contributed by atoms with Gasteiger partial charge < -0.3 is 9.47 Å². The number of hydrogen-bond donors (Lipinski definition) is 2. The number of amides is 1. The first kappa shape index (κ1) is 24.0. The Morgan fingerprint density at radius 2 is 2.19 bits per heavy atom. The van der Waals surface area contributed by atoms with Crippen molar-refractivity contribution in [3.05, 3.63) is 45.8 Å². The summed E-state index contributed by atoms with van der Waals surface area (Å²) in [6.07, 6.45) is 2.56. The minimum Gasteiger partial charge on any atom is -0.490 e. The van der Waals surface area contributed by atoms with Crippen LogP contribution in [0.2, 0.25) is 5.02 Å². The van der Waals surface area contributed by atoms with Crippen molar-refractivity contribution in [3.63, 3.8) is 0 Å². The van der Waals surface area contributed by atoms with Crippen molar-refractivity contribution >= 4 is 46.2 Å². The molecule has 0 saturated heterocycles. The van der Waals surface area contributed by atoms with Crippen molar-refractivity contribution in [2.75, 3.05) is 18.5 Å². The smallest absolute Gasteiger partial charge is 0.257 e. The van der Waals surface area contributed by atoms with Gasteiger partial charge in [0.1, 0.15) is 0 Å². The highest BCUT2D eigenvalue weighted by atomic mass is 35.5. The molecule has 1 amide bonds. The van der Waals surface area contributed by atoms with E-state index in [1.807, 2.05) is 25.3 Å². The van der Waals surface area contributed by atoms with Crippen molar-refractivity contribution in [2.24, 2.45) is 0 Å². The van der Waals surface area contributed by atoms with Gasteiger partial charge >= 0.3 is 0 Å².